The Hall–Kier alpha value is -1.04. The van der Waals surface area contributed by atoms with Crippen LogP contribution in [0.2, 0.25) is 8.67 Å². The van der Waals surface area contributed by atoms with Crippen molar-refractivity contribution in [2.24, 2.45) is 0 Å². The van der Waals surface area contributed by atoms with Crippen molar-refractivity contribution in [1.29, 1.82) is 0 Å². The summed E-state index contributed by atoms with van der Waals surface area (Å²) >= 11 is 13.0. The van der Waals surface area contributed by atoms with Crippen molar-refractivity contribution in [2.45, 2.75) is 19.8 Å². The molecule has 0 aromatic carbocycles. The number of aryl methyl sites for hydroxylation is 1. The third-order valence-corrected chi connectivity index (χ3v) is 3.75. The highest BCUT2D eigenvalue weighted by Gasteiger charge is 2.22. The van der Waals surface area contributed by atoms with Crippen LogP contribution in [0.5, 0.6) is 0 Å². The van der Waals surface area contributed by atoms with Crippen LogP contribution in [0.1, 0.15) is 29.6 Å². The molecule has 2 aromatic rings. The largest absolute Gasteiger partial charge is 0.475 e. The van der Waals surface area contributed by atoms with Gasteiger partial charge in [0.05, 0.1) is 15.6 Å². The van der Waals surface area contributed by atoms with Gasteiger partial charge in [-0.3, -0.25) is 0 Å². The Labute approximate surface area is 117 Å². The molecule has 0 aliphatic carbocycles. The van der Waals surface area contributed by atoms with Crippen molar-refractivity contribution >= 4 is 40.5 Å². The third kappa shape index (κ3) is 2.53. The van der Waals surface area contributed by atoms with E-state index in [9.17, 15) is 4.79 Å². The number of halogens is 2. The smallest absolute Gasteiger partial charge is 0.373 e. The first kappa shape index (κ1) is 13.4. The van der Waals surface area contributed by atoms with Gasteiger partial charge < -0.3 is 9.52 Å². The molecule has 0 bridgehead atoms. The fraction of sp³-hybridized carbons (Fsp3) is 0.273. The Morgan fingerprint density at radius 1 is 1.56 bits per heavy atom. The molecule has 1 N–H and O–H groups in total. The topological polar surface area (TPSA) is 63.3 Å². The van der Waals surface area contributed by atoms with Crippen LogP contribution >= 0.6 is 34.5 Å². The predicted octanol–water partition coefficient (Wildman–Crippen LogP) is 4.36. The average Bonchev–Trinajstić information content (AvgIpc) is 2.83. The van der Waals surface area contributed by atoms with Crippen LogP contribution in [0.4, 0.5) is 0 Å². The first-order chi connectivity index (χ1) is 8.52. The molecule has 2 aromatic heterocycles. The lowest BCUT2D eigenvalue weighted by Crippen LogP contribution is -1.99. The summed E-state index contributed by atoms with van der Waals surface area (Å²) in [5.41, 5.74) is 0.954. The van der Waals surface area contributed by atoms with E-state index in [1.807, 2.05) is 6.92 Å². The van der Waals surface area contributed by atoms with Gasteiger partial charge in [-0.05, 0) is 12.5 Å². The molecule has 0 aliphatic heterocycles. The fourth-order valence-electron chi connectivity index (χ4n) is 1.53. The van der Waals surface area contributed by atoms with E-state index >= 15 is 0 Å². The van der Waals surface area contributed by atoms with Crippen LogP contribution in [0.3, 0.4) is 0 Å². The summed E-state index contributed by atoms with van der Waals surface area (Å²) in [4.78, 5) is 15.2. The summed E-state index contributed by atoms with van der Waals surface area (Å²) in [6.07, 6.45) is 1.32. The van der Waals surface area contributed by atoms with E-state index in [0.717, 1.165) is 6.42 Å². The monoisotopic (exact) mass is 305 g/mol. The van der Waals surface area contributed by atoms with Crippen LogP contribution in [0.25, 0.3) is 11.5 Å². The molecule has 0 saturated heterocycles. The van der Waals surface area contributed by atoms with Crippen molar-refractivity contribution in [2.75, 3.05) is 0 Å². The molecule has 2 rings (SSSR count). The third-order valence-electron chi connectivity index (χ3n) is 2.27. The molecule has 2 heterocycles. The lowest BCUT2D eigenvalue weighted by Gasteiger charge is -1.91. The van der Waals surface area contributed by atoms with Crippen molar-refractivity contribution < 1.29 is 14.3 Å². The molecular formula is C11H9Cl2NO3S. The normalized spacial score (nSPS) is 10.8. The van der Waals surface area contributed by atoms with Crippen LogP contribution in [-0.2, 0) is 6.42 Å². The number of rotatable bonds is 4. The van der Waals surface area contributed by atoms with Crippen LogP contribution < -0.4 is 0 Å². The summed E-state index contributed by atoms with van der Waals surface area (Å²) in [6.45, 7) is 1.94. The number of thiophene rings is 1. The second-order valence-corrected chi connectivity index (χ2v) is 5.87. The van der Waals surface area contributed by atoms with E-state index in [1.54, 1.807) is 6.07 Å². The second-order valence-electron chi connectivity index (χ2n) is 3.59. The van der Waals surface area contributed by atoms with Gasteiger partial charge in [0.25, 0.3) is 0 Å². The Bertz CT molecular complexity index is 591. The minimum atomic E-state index is -1.13. The summed E-state index contributed by atoms with van der Waals surface area (Å²) < 4.78 is 6.20. The van der Waals surface area contributed by atoms with Gasteiger partial charge in [0.2, 0.25) is 11.7 Å². The maximum atomic E-state index is 11.0. The number of carboxylic acids is 1. The molecule has 0 spiro atoms. The average molecular weight is 306 g/mol. The molecule has 4 nitrogen and oxygen atoms in total. The van der Waals surface area contributed by atoms with Gasteiger partial charge in [0.1, 0.15) is 4.34 Å². The van der Waals surface area contributed by atoms with E-state index in [0.29, 0.717) is 26.4 Å². The van der Waals surface area contributed by atoms with Gasteiger partial charge in [-0.1, -0.05) is 36.5 Å². The molecule has 7 heteroatoms. The number of aromatic nitrogens is 1. The zero-order valence-corrected chi connectivity index (χ0v) is 11.7. The summed E-state index contributed by atoms with van der Waals surface area (Å²) in [6, 6.07) is 1.61. The molecule has 0 amide bonds. The lowest BCUT2D eigenvalue weighted by molar-refractivity contribution is 0.0661. The van der Waals surface area contributed by atoms with Crippen molar-refractivity contribution in [3.05, 3.63) is 26.2 Å². The number of nitrogens with zero attached hydrogens (tertiary/aromatic N) is 1. The number of oxazole rings is 1. The molecule has 0 saturated carbocycles. The first-order valence-corrected chi connectivity index (χ1v) is 6.78. The highest BCUT2D eigenvalue weighted by Crippen LogP contribution is 2.38. The number of hydrogen-bond donors (Lipinski definition) is 1. The summed E-state index contributed by atoms with van der Waals surface area (Å²) in [5.74, 6) is -1.07. The Morgan fingerprint density at radius 3 is 2.78 bits per heavy atom. The Balaban J connectivity index is 2.49. The van der Waals surface area contributed by atoms with E-state index in [4.69, 9.17) is 32.7 Å². The Kier molecular flexibility index (Phi) is 3.94. The molecule has 0 aliphatic rings. The van der Waals surface area contributed by atoms with Gasteiger partial charge in [-0.25, -0.2) is 9.78 Å². The number of carboxylic acid groups (broad SMARTS) is 1. The van der Waals surface area contributed by atoms with Gasteiger partial charge in [-0.15, -0.1) is 11.3 Å². The number of carbonyl (C=O) groups is 1. The maximum absolute atomic E-state index is 11.0. The van der Waals surface area contributed by atoms with Crippen molar-refractivity contribution in [3.63, 3.8) is 0 Å². The lowest BCUT2D eigenvalue weighted by atomic mass is 10.2. The van der Waals surface area contributed by atoms with E-state index in [2.05, 4.69) is 4.98 Å². The van der Waals surface area contributed by atoms with Gasteiger partial charge in [0, 0.05) is 0 Å². The molecule has 0 fully saturated rings. The molecule has 0 radical (unpaired) electrons. The zero-order chi connectivity index (χ0) is 13.3. The van der Waals surface area contributed by atoms with Gasteiger partial charge in [-0.2, -0.15) is 0 Å². The van der Waals surface area contributed by atoms with Crippen molar-refractivity contribution in [1.82, 2.24) is 4.98 Å². The second kappa shape index (κ2) is 5.30. The summed E-state index contributed by atoms with van der Waals surface area (Å²) in [5, 5.41) is 9.04. The highest BCUT2D eigenvalue weighted by atomic mass is 35.5. The number of hydrogen-bond acceptors (Lipinski definition) is 4. The van der Waals surface area contributed by atoms with Crippen LogP contribution in [-0.4, -0.2) is 16.1 Å². The first-order valence-electron chi connectivity index (χ1n) is 5.21. The quantitative estimate of drug-likeness (QED) is 0.911. The molecule has 18 heavy (non-hydrogen) atoms. The zero-order valence-electron chi connectivity index (χ0n) is 9.37. The highest BCUT2D eigenvalue weighted by molar-refractivity contribution is 7.20. The van der Waals surface area contributed by atoms with E-state index in [-0.39, 0.29) is 11.7 Å². The Morgan fingerprint density at radius 2 is 2.28 bits per heavy atom. The van der Waals surface area contributed by atoms with E-state index < -0.39 is 5.97 Å². The SMILES string of the molecule is CCCc1nc(-c2cc(Cl)sc2Cl)oc1C(=O)O. The summed E-state index contributed by atoms with van der Waals surface area (Å²) in [7, 11) is 0. The van der Waals surface area contributed by atoms with Gasteiger partial charge >= 0.3 is 5.97 Å². The van der Waals surface area contributed by atoms with Gasteiger partial charge in [0.15, 0.2) is 0 Å². The van der Waals surface area contributed by atoms with E-state index in [1.165, 1.54) is 11.3 Å². The molecule has 96 valence electrons. The van der Waals surface area contributed by atoms with Crippen LogP contribution in [0, 0.1) is 0 Å². The predicted molar refractivity (Wildman–Crippen MR) is 70.8 cm³/mol. The fourth-order valence-corrected chi connectivity index (χ4v) is 2.97. The van der Waals surface area contributed by atoms with Crippen molar-refractivity contribution in [3.8, 4) is 11.5 Å². The number of aromatic carboxylic acids is 1. The molecular weight excluding hydrogens is 297 g/mol. The minimum Gasteiger partial charge on any atom is -0.475 e. The minimum absolute atomic E-state index is 0.134. The molecule has 0 unspecified atom stereocenters. The standard InChI is InChI=1S/C11H9Cl2NO3S/c1-2-3-6-8(11(15)16)17-10(14-6)5-4-7(12)18-9(5)13/h4H,2-3H2,1H3,(H,15,16). The molecule has 0 atom stereocenters. The maximum Gasteiger partial charge on any atom is 0.373 e. The van der Waals surface area contributed by atoms with Crippen LogP contribution in [0.15, 0.2) is 10.5 Å².